The van der Waals surface area contributed by atoms with E-state index in [1.807, 2.05) is 0 Å². The zero-order valence-corrected chi connectivity index (χ0v) is 7.98. The Hall–Kier alpha value is -0.110. The van der Waals surface area contributed by atoms with Crippen LogP contribution in [0.5, 0.6) is 0 Å². The Labute approximate surface area is 74.7 Å². The molecule has 0 aromatic rings. The van der Waals surface area contributed by atoms with Crippen LogP contribution in [-0.4, -0.2) is 19.3 Å². The van der Waals surface area contributed by atoms with Crippen molar-refractivity contribution in [1.29, 1.82) is 0 Å². The van der Waals surface area contributed by atoms with Gasteiger partial charge in [0.25, 0.3) is 0 Å². The van der Waals surface area contributed by atoms with Crippen molar-refractivity contribution in [1.82, 2.24) is 5.32 Å². The summed E-state index contributed by atoms with van der Waals surface area (Å²) in [5, 5.41) is 3.43. The van der Waals surface area contributed by atoms with E-state index >= 15 is 0 Å². The summed E-state index contributed by atoms with van der Waals surface area (Å²) in [5.41, 5.74) is 0. The van der Waals surface area contributed by atoms with E-state index in [1.54, 1.807) is 0 Å². The number of rotatable bonds is 4. The van der Waals surface area contributed by atoms with Gasteiger partial charge in [0.15, 0.2) is 0 Å². The first kappa shape index (κ1) is 9.97. The lowest BCUT2D eigenvalue weighted by molar-refractivity contribution is 0.277. The number of alkyl halides is 1. The average Bonchev–Trinajstić information content (AvgIpc) is 2.09. The molecule has 1 aliphatic carbocycles. The van der Waals surface area contributed by atoms with Crippen LogP contribution in [0.4, 0.5) is 4.39 Å². The maximum atomic E-state index is 11.8. The first-order chi connectivity index (χ1) is 5.84. The Bertz CT molecular complexity index is 116. The minimum Gasteiger partial charge on any atom is -0.314 e. The van der Waals surface area contributed by atoms with Crippen molar-refractivity contribution < 1.29 is 4.39 Å². The highest BCUT2D eigenvalue weighted by atomic mass is 19.1. The van der Waals surface area contributed by atoms with Crippen LogP contribution in [0.15, 0.2) is 0 Å². The molecule has 0 radical (unpaired) electrons. The molecule has 0 amide bonds. The van der Waals surface area contributed by atoms with E-state index in [0.717, 1.165) is 12.5 Å². The quantitative estimate of drug-likeness (QED) is 0.644. The van der Waals surface area contributed by atoms with Crippen LogP contribution in [0.25, 0.3) is 0 Å². The standard InChI is InChI=1S/C10H20FN/c1-9-5-2-3-6-10(9)12-8-4-7-11/h9-10,12H,2-8H2,1H3. The van der Waals surface area contributed by atoms with E-state index in [2.05, 4.69) is 12.2 Å². The van der Waals surface area contributed by atoms with Crippen LogP contribution in [0, 0.1) is 5.92 Å². The summed E-state index contributed by atoms with van der Waals surface area (Å²) >= 11 is 0. The second-order valence-electron chi connectivity index (χ2n) is 3.86. The third-order valence-electron chi connectivity index (χ3n) is 2.83. The number of nitrogens with one attached hydrogen (secondary N) is 1. The van der Waals surface area contributed by atoms with Gasteiger partial charge in [-0.2, -0.15) is 0 Å². The van der Waals surface area contributed by atoms with E-state index in [4.69, 9.17) is 0 Å². The molecule has 12 heavy (non-hydrogen) atoms. The summed E-state index contributed by atoms with van der Waals surface area (Å²) in [6.07, 6.45) is 6.02. The molecule has 0 aromatic heterocycles. The molecule has 0 aliphatic heterocycles. The van der Waals surface area contributed by atoms with Crippen LogP contribution in [0.2, 0.25) is 0 Å². The van der Waals surface area contributed by atoms with Crippen molar-refractivity contribution >= 4 is 0 Å². The van der Waals surface area contributed by atoms with Crippen molar-refractivity contribution in [2.75, 3.05) is 13.2 Å². The molecule has 1 nitrogen and oxygen atoms in total. The van der Waals surface area contributed by atoms with Crippen molar-refractivity contribution in [2.24, 2.45) is 5.92 Å². The molecular weight excluding hydrogens is 153 g/mol. The molecule has 1 aliphatic rings. The molecular formula is C10H20FN. The maximum Gasteiger partial charge on any atom is 0.0906 e. The summed E-state index contributed by atoms with van der Waals surface area (Å²) in [6.45, 7) is 2.96. The predicted octanol–water partition coefficient (Wildman–Crippen LogP) is 2.51. The van der Waals surface area contributed by atoms with Gasteiger partial charge in [0.1, 0.15) is 0 Å². The van der Waals surface area contributed by atoms with Crippen molar-refractivity contribution in [3.63, 3.8) is 0 Å². The second kappa shape index (κ2) is 5.52. The topological polar surface area (TPSA) is 12.0 Å². The molecule has 2 heteroatoms. The van der Waals surface area contributed by atoms with Crippen LogP contribution in [0.1, 0.15) is 39.0 Å². The largest absolute Gasteiger partial charge is 0.314 e. The Balaban J connectivity index is 2.11. The molecule has 72 valence electrons. The van der Waals surface area contributed by atoms with E-state index < -0.39 is 0 Å². The molecule has 1 rings (SSSR count). The molecule has 1 saturated carbocycles. The molecule has 1 fully saturated rings. The third kappa shape index (κ3) is 3.10. The first-order valence-electron chi connectivity index (χ1n) is 5.14. The fourth-order valence-corrected chi connectivity index (χ4v) is 1.97. The van der Waals surface area contributed by atoms with Crippen LogP contribution >= 0.6 is 0 Å². The van der Waals surface area contributed by atoms with Crippen molar-refractivity contribution in [3.8, 4) is 0 Å². The molecule has 0 spiro atoms. The molecule has 1 N–H and O–H groups in total. The lowest BCUT2D eigenvalue weighted by Gasteiger charge is -2.29. The van der Waals surface area contributed by atoms with Gasteiger partial charge in [0.2, 0.25) is 0 Å². The van der Waals surface area contributed by atoms with Gasteiger partial charge in [-0.05, 0) is 31.7 Å². The van der Waals surface area contributed by atoms with E-state index in [9.17, 15) is 4.39 Å². The van der Waals surface area contributed by atoms with Gasteiger partial charge in [-0.3, -0.25) is 4.39 Å². The monoisotopic (exact) mass is 173 g/mol. The van der Waals surface area contributed by atoms with Gasteiger partial charge in [0.05, 0.1) is 6.67 Å². The zero-order chi connectivity index (χ0) is 8.81. The first-order valence-corrected chi connectivity index (χ1v) is 5.14. The van der Waals surface area contributed by atoms with Gasteiger partial charge in [0, 0.05) is 6.04 Å². The predicted molar refractivity (Wildman–Crippen MR) is 50.0 cm³/mol. The minimum absolute atomic E-state index is 0.186. The Morgan fingerprint density at radius 1 is 1.33 bits per heavy atom. The fourth-order valence-electron chi connectivity index (χ4n) is 1.97. The summed E-state index contributed by atoms with van der Waals surface area (Å²) in [5.74, 6) is 0.790. The lowest BCUT2D eigenvalue weighted by atomic mass is 9.86. The van der Waals surface area contributed by atoms with Crippen molar-refractivity contribution in [2.45, 2.75) is 45.1 Å². The molecule has 0 aromatic carbocycles. The molecule has 0 saturated heterocycles. The van der Waals surface area contributed by atoms with Crippen molar-refractivity contribution in [3.05, 3.63) is 0 Å². The van der Waals surface area contributed by atoms with Crippen LogP contribution in [0.3, 0.4) is 0 Å². The van der Waals surface area contributed by atoms with E-state index in [1.165, 1.54) is 25.7 Å². The number of hydrogen-bond acceptors (Lipinski definition) is 1. The molecule has 2 unspecified atom stereocenters. The smallest absolute Gasteiger partial charge is 0.0906 e. The fraction of sp³-hybridized carbons (Fsp3) is 1.00. The number of hydrogen-bond donors (Lipinski definition) is 1. The van der Waals surface area contributed by atoms with Gasteiger partial charge in [-0.1, -0.05) is 19.8 Å². The third-order valence-corrected chi connectivity index (χ3v) is 2.83. The van der Waals surface area contributed by atoms with Crippen LogP contribution < -0.4 is 5.32 Å². The van der Waals surface area contributed by atoms with Gasteiger partial charge < -0.3 is 5.32 Å². The number of halogens is 1. The second-order valence-corrected chi connectivity index (χ2v) is 3.86. The van der Waals surface area contributed by atoms with Gasteiger partial charge >= 0.3 is 0 Å². The Morgan fingerprint density at radius 3 is 2.75 bits per heavy atom. The lowest BCUT2D eigenvalue weighted by Crippen LogP contribution is -2.37. The summed E-state index contributed by atoms with van der Waals surface area (Å²) in [4.78, 5) is 0. The van der Waals surface area contributed by atoms with Gasteiger partial charge in [-0.25, -0.2) is 0 Å². The highest BCUT2D eigenvalue weighted by Gasteiger charge is 2.19. The normalized spacial score (nSPS) is 30.5. The summed E-state index contributed by atoms with van der Waals surface area (Å²) < 4.78 is 11.8. The SMILES string of the molecule is CC1CCCCC1NCCCF. The highest BCUT2D eigenvalue weighted by Crippen LogP contribution is 2.23. The van der Waals surface area contributed by atoms with E-state index in [-0.39, 0.29) is 6.67 Å². The van der Waals surface area contributed by atoms with Gasteiger partial charge in [-0.15, -0.1) is 0 Å². The molecule has 2 atom stereocenters. The average molecular weight is 173 g/mol. The van der Waals surface area contributed by atoms with E-state index in [0.29, 0.717) is 12.5 Å². The Morgan fingerprint density at radius 2 is 2.08 bits per heavy atom. The van der Waals surface area contributed by atoms with Crippen LogP contribution in [-0.2, 0) is 0 Å². The maximum absolute atomic E-state index is 11.8. The summed E-state index contributed by atoms with van der Waals surface area (Å²) in [7, 11) is 0. The Kier molecular flexibility index (Phi) is 4.59. The molecule has 0 heterocycles. The minimum atomic E-state index is -0.186. The molecule has 0 bridgehead atoms. The summed E-state index contributed by atoms with van der Waals surface area (Å²) in [6, 6.07) is 0.658. The highest BCUT2D eigenvalue weighted by molar-refractivity contribution is 4.77. The zero-order valence-electron chi connectivity index (χ0n) is 7.98.